The third kappa shape index (κ3) is 5.42. The Bertz CT molecular complexity index is 1520. The maximum absolute atomic E-state index is 12.9. The third-order valence-corrected chi connectivity index (χ3v) is 8.75. The van der Waals surface area contributed by atoms with Crippen molar-refractivity contribution in [3.05, 3.63) is 69.2 Å². The van der Waals surface area contributed by atoms with Gasteiger partial charge in [-0.25, -0.2) is 4.79 Å². The fourth-order valence-electron chi connectivity index (χ4n) is 3.95. The molecule has 0 atom stereocenters. The van der Waals surface area contributed by atoms with Crippen molar-refractivity contribution in [2.24, 2.45) is 5.73 Å². The number of allylic oxidation sites excluding steroid dienone is 1. The number of methoxy groups -OCH3 is 1. The Kier molecular flexibility index (Phi) is 8.45. The molecule has 4 aromatic rings. The molecule has 0 saturated heterocycles. The third-order valence-electron chi connectivity index (χ3n) is 5.65. The average Bonchev–Trinajstić information content (AvgIpc) is 3.58. The molecule has 3 aromatic heterocycles. The summed E-state index contributed by atoms with van der Waals surface area (Å²) >= 11 is 3.79. The van der Waals surface area contributed by atoms with Crippen molar-refractivity contribution in [1.82, 2.24) is 14.8 Å². The van der Waals surface area contributed by atoms with Gasteiger partial charge in [0.15, 0.2) is 11.0 Å². The van der Waals surface area contributed by atoms with Crippen molar-refractivity contribution in [2.75, 3.05) is 18.2 Å². The lowest BCUT2D eigenvalue weighted by Gasteiger charge is -2.10. The van der Waals surface area contributed by atoms with Crippen molar-refractivity contribution in [3.63, 3.8) is 0 Å². The van der Waals surface area contributed by atoms with Gasteiger partial charge in [0.05, 0.1) is 23.3 Å². The Morgan fingerprint density at radius 3 is 2.61 bits per heavy atom. The number of nitrogens with two attached hydrogens (primary N) is 1. The first kappa shape index (κ1) is 27.3. The molecule has 0 saturated carbocycles. The predicted octanol–water partition coefficient (Wildman–Crippen LogP) is 5.15. The van der Waals surface area contributed by atoms with E-state index in [2.05, 4.69) is 46.5 Å². The molecule has 3 N–H and O–H groups in total. The number of thiophene rings is 2. The fourth-order valence-corrected chi connectivity index (χ4v) is 6.62. The molecule has 0 spiro atoms. The quantitative estimate of drug-likeness (QED) is 0.154. The van der Waals surface area contributed by atoms with E-state index in [1.807, 2.05) is 22.8 Å². The van der Waals surface area contributed by atoms with Crippen molar-refractivity contribution >= 4 is 57.2 Å². The number of primary amides is 1. The lowest BCUT2D eigenvalue weighted by atomic mass is 10.0. The second-order valence-electron chi connectivity index (χ2n) is 8.11. The largest absolute Gasteiger partial charge is 0.465 e. The lowest BCUT2D eigenvalue weighted by Crippen LogP contribution is -2.16. The topological polar surface area (TPSA) is 129 Å². The van der Waals surface area contributed by atoms with E-state index in [0.29, 0.717) is 23.1 Å². The van der Waals surface area contributed by atoms with E-state index in [0.717, 1.165) is 32.9 Å². The Morgan fingerprint density at radius 1 is 1.21 bits per heavy atom. The van der Waals surface area contributed by atoms with Gasteiger partial charge in [0, 0.05) is 27.9 Å². The van der Waals surface area contributed by atoms with Crippen LogP contribution in [0.4, 0.5) is 5.00 Å². The average molecular weight is 568 g/mol. The summed E-state index contributed by atoms with van der Waals surface area (Å²) in [6, 6.07) is 10.1. The molecule has 2 amide bonds. The smallest absolute Gasteiger partial charge is 0.341 e. The Hall–Kier alpha value is -3.74. The van der Waals surface area contributed by atoms with E-state index in [-0.39, 0.29) is 27.1 Å². The Labute approximate surface area is 231 Å². The summed E-state index contributed by atoms with van der Waals surface area (Å²) in [5.41, 5.74) is 9.05. The first-order valence-corrected chi connectivity index (χ1v) is 14.1. The van der Waals surface area contributed by atoms with Crippen molar-refractivity contribution in [2.45, 2.75) is 25.5 Å². The summed E-state index contributed by atoms with van der Waals surface area (Å²) in [6.45, 7) is 7.98. The van der Waals surface area contributed by atoms with Gasteiger partial charge in [-0.15, -0.1) is 39.4 Å². The number of benzene rings is 1. The van der Waals surface area contributed by atoms with Crippen LogP contribution in [0.2, 0.25) is 0 Å². The van der Waals surface area contributed by atoms with E-state index in [1.165, 1.54) is 18.9 Å². The number of nitrogens with one attached hydrogen (secondary N) is 1. The Morgan fingerprint density at radius 2 is 1.95 bits per heavy atom. The van der Waals surface area contributed by atoms with Gasteiger partial charge >= 0.3 is 5.97 Å². The molecule has 0 aliphatic carbocycles. The zero-order chi connectivity index (χ0) is 27.4. The summed E-state index contributed by atoms with van der Waals surface area (Å²) in [6.07, 6.45) is 1.75. The Balaban J connectivity index is 1.58. The molecule has 1 aromatic carbocycles. The van der Waals surface area contributed by atoms with Gasteiger partial charge in [-0.05, 0) is 25.0 Å². The van der Waals surface area contributed by atoms with Crippen LogP contribution in [-0.2, 0) is 16.1 Å². The minimum atomic E-state index is -0.684. The number of aromatic nitrogens is 3. The van der Waals surface area contributed by atoms with Crippen LogP contribution in [0.25, 0.3) is 22.5 Å². The van der Waals surface area contributed by atoms with E-state index in [4.69, 9.17) is 10.5 Å². The predicted molar refractivity (Wildman–Crippen MR) is 152 cm³/mol. The van der Waals surface area contributed by atoms with Crippen molar-refractivity contribution in [3.8, 4) is 22.5 Å². The molecule has 3 heterocycles. The minimum Gasteiger partial charge on any atom is -0.465 e. The van der Waals surface area contributed by atoms with E-state index >= 15 is 0 Å². The maximum Gasteiger partial charge on any atom is 0.341 e. The van der Waals surface area contributed by atoms with Crippen molar-refractivity contribution in [1.29, 1.82) is 0 Å². The highest BCUT2D eigenvalue weighted by molar-refractivity contribution is 7.99. The lowest BCUT2D eigenvalue weighted by molar-refractivity contribution is -0.113. The second-order valence-corrected chi connectivity index (χ2v) is 11.2. The summed E-state index contributed by atoms with van der Waals surface area (Å²) < 4.78 is 6.74. The molecule has 12 heteroatoms. The second kappa shape index (κ2) is 11.8. The van der Waals surface area contributed by atoms with Gasteiger partial charge in [-0.1, -0.05) is 48.2 Å². The number of hydrogen-bond donors (Lipinski definition) is 2. The highest BCUT2D eigenvalue weighted by atomic mass is 32.2. The molecule has 38 heavy (non-hydrogen) atoms. The minimum absolute atomic E-state index is 0.00700. The van der Waals surface area contributed by atoms with E-state index in [9.17, 15) is 14.4 Å². The number of carbonyl (C=O) groups excluding carboxylic acids is 3. The standard InChI is InChI=1S/C26H25N5O4S3/c1-5-11-31-23(17-12-36-15(3)20(17)16-9-7-6-8-10-16)29-30-26(31)37-13-18(32)28-24-19(25(34)35-4)14(2)21(38-24)22(27)33/h5-10,12H,1,11,13H2,2-4H3,(H2,27,33)(H,28,32). The highest BCUT2D eigenvalue weighted by Crippen LogP contribution is 2.39. The number of rotatable bonds is 10. The molecule has 0 unspecified atom stereocenters. The molecule has 0 fully saturated rings. The monoisotopic (exact) mass is 567 g/mol. The summed E-state index contributed by atoms with van der Waals surface area (Å²) in [5, 5.41) is 14.3. The van der Waals surface area contributed by atoms with E-state index in [1.54, 1.807) is 24.3 Å². The molecule has 196 valence electrons. The van der Waals surface area contributed by atoms with Gasteiger partial charge in [0.2, 0.25) is 5.91 Å². The number of esters is 1. The first-order chi connectivity index (χ1) is 18.3. The van der Waals surface area contributed by atoms with Gasteiger partial charge in [0.1, 0.15) is 5.00 Å². The van der Waals surface area contributed by atoms with Crippen LogP contribution in [-0.4, -0.2) is 45.4 Å². The summed E-state index contributed by atoms with van der Waals surface area (Å²) in [5.74, 6) is -1.05. The zero-order valence-corrected chi connectivity index (χ0v) is 23.4. The molecule has 4 rings (SSSR count). The summed E-state index contributed by atoms with van der Waals surface area (Å²) in [7, 11) is 1.23. The first-order valence-electron chi connectivity index (χ1n) is 11.4. The normalized spacial score (nSPS) is 10.8. The number of nitrogens with zero attached hydrogens (tertiary/aromatic N) is 3. The van der Waals surface area contributed by atoms with Crippen LogP contribution in [0.5, 0.6) is 0 Å². The number of anilines is 1. The SMILES string of the molecule is C=CCn1c(SCC(=O)Nc2sc(C(N)=O)c(C)c2C(=O)OC)nnc1-c1csc(C)c1-c1ccccc1. The maximum atomic E-state index is 12.9. The number of hydrogen-bond acceptors (Lipinski definition) is 9. The molecule has 9 nitrogen and oxygen atoms in total. The van der Waals surface area contributed by atoms with Gasteiger partial charge in [-0.3, -0.25) is 14.2 Å². The molecular weight excluding hydrogens is 543 g/mol. The van der Waals surface area contributed by atoms with Crippen molar-refractivity contribution < 1.29 is 19.1 Å². The van der Waals surface area contributed by atoms with Crippen LogP contribution in [0.3, 0.4) is 0 Å². The molecule has 0 radical (unpaired) electrons. The van der Waals surface area contributed by atoms with E-state index < -0.39 is 11.9 Å². The molecule has 0 bridgehead atoms. The molecule has 0 aliphatic rings. The molecule has 0 aliphatic heterocycles. The van der Waals surface area contributed by atoms with Crippen LogP contribution < -0.4 is 11.1 Å². The number of ether oxygens (including phenoxy) is 1. The van der Waals surface area contributed by atoms with Crippen LogP contribution in [0.1, 0.15) is 30.5 Å². The summed E-state index contributed by atoms with van der Waals surface area (Å²) in [4.78, 5) is 38.3. The van der Waals surface area contributed by atoms with Gasteiger partial charge < -0.3 is 15.8 Å². The highest BCUT2D eigenvalue weighted by Gasteiger charge is 2.26. The van der Waals surface area contributed by atoms with Crippen LogP contribution >= 0.6 is 34.4 Å². The zero-order valence-electron chi connectivity index (χ0n) is 20.9. The van der Waals surface area contributed by atoms with Crippen LogP contribution in [0.15, 0.2) is 53.5 Å². The number of carbonyl (C=O) groups is 3. The number of amides is 2. The number of aryl methyl sites for hydroxylation is 1. The number of thioether (sulfide) groups is 1. The van der Waals surface area contributed by atoms with Crippen LogP contribution in [0, 0.1) is 13.8 Å². The molecular formula is C26H25N5O4S3. The van der Waals surface area contributed by atoms with Gasteiger partial charge in [-0.2, -0.15) is 0 Å². The fraction of sp³-hybridized carbons (Fsp3) is 0.192. The van der Waals surface area contributed by atoms with Gasteiger partial charge in [0.25, 0.3) is 5.91 Å².